The molecule has 1 amide bonds. The number of nitrogens with one attached hydrogen (secondary N) is 1. The van der Waals surface area contributed by atoms with Gasteiger partial charge in [0.1, 0.15) is 0 Å². The molecule has 1 aliphatic carbocycles. The number of benzene rings is 1. The number of nitrogens with zero attached hydrogens (tertiary/aromatic N) is 4. The molecule has 1 aliphatic rings. The quantitative estimate of drug-likeness (QED) is 0.410. The van der Waals surface area contributed by atoms with Gasteiger partial charge in [-0.05, 0) is 66.1 Å². The van der Waals surface area contributed by atoms with Crippen LogP contribution in [0.15, 0.2) is 66.2 Å². The number of carbonyl (C=O) groups excluding carboxylic acids is 1. The Hall–Kier alpha value is -3.84. The summed E-state index contributed by atoms with van der Waals surface area (Å²) < 4.78 is 1.89. The predicted octanol–water partition coefficient (Wildman–Crippen LogP) is 5.15. The highest BCUT2D eigenvalue weighted by Crippen LogP contribution is 2.36. The van der Waals surface area contributed by atoms with Crippen LogP contribution in [0.2, 0.25) is 0 Å². The minimum Gasteiger partial charge on any atom is -0.345 e. The summed E-state index contributed by atoms with van der Waals surface area (Å²) in [5.74, 6) is 0.597. The molecular formula is C26H21N5OS. The highest BCUT2D eigenvalue weighted by Gasteiger charge is 2.25. The maximum atomic E-state index is 13.6. The Morgan fingerprint density at radius 2 is 1.97 bits per heavy atom. The minimum atomic E-state index is -0.102. The fourth-order valence-electron chi connectivity index (χ4n) is 4.54. The largest absolute Gasteiger partial charge is 0.345 e. The van der Waals surface area contributed by atoms with E-state index in [2.05, 4.69) is 39.1 Å². The molecule has 0 radical (unpaired) electrons. The van der Waals surface area contributed by atoms with Gasteiger partial charge in [-0.15, -0.1) is 21.5 Å². The third-order valence-corrected chi connectivity index (χ3v) is 6.87. The van der Waals surface area contributed by atoms with Crippen molar-refractivity contribution in [2.24, 2.45) is 0 Å². The smallest absolute Gasteiger partial charge is 0.252 e. The molecule has 0 unspecified atom stereocenters. The maximum Gasteiger partial charge on any atom is 0.252 e. The third kappa shape index (κ3) is 3.60. The zero-order valence-electron chi connectivity index (χ0n) is 17.9. The van der Waals surface area contributed by atoms with E-state index in [9.17, 15) is 4.79 Å². The van der Waals surface area contributed by atoms with Crippen LogP contribution in [0.5, 0.6) is 0 Å². The van der Waals surface area contributed by atoms with E-state index >= 15 is 0 Å². The summed E-state index contributed by atoms with van der Waals surface area (Å²) in [7, 11) is 0. The molecule has 6 rings (SSSR count). The van der Waals surface area contributed by atoms with Gasteiger partial charge in [-0.25, -0.2) is 4.98 Å². The number of carbonyl (C=O) groups is 1. The van der Waals surface area contributed by atoms with Crippen molar-refractivity contribution in [1.29, 1.82) is 0 Å². The monoisotopic (exact) mass is 451 g/mol. The first-order chi connectivity index (χ1) is 16.3. The van der Waals surface area contributed by atoms with E-state index in [1.807, 2.05) is 53.1 Å². The molecule has 0 spiro atoms. The first-order valence-corrected chi connectivity index (χ1v) is 11.9. The summed E-state index contributed by atoms with van der Waals surface area (Å²) >= 11 is 1.71. The Morgan fingerprint density at radius 3 is 2.88 bits per heavy atom. The van der Waals surface area contributed by atoms with Crippen molar-refractivity contribution in [2.75, 3.05) is 0 Å². The number of aromatic nitrogens is 4. The van der Waals surface area contributed by atoms with Gasteiger partial charge in [-0.3, -0.25) is 9.20 Å². The van der Waals surface area contributed by atoms with Gasteiger partial charge in [0, 0.05) is 16.5 Å². The van der Waals surface area contributed by atoms with E-state index in [1.54, 1.807) is 11.3 Å². The number of hydrogen-bond donors (Lipinski definition) is 1. The van der Waals surface area contributed by atoms with Crippen molar-refractivity contribution in [3.63, 3.8) is 0 Å². The number of para-hydroxylation sites is 1. The lowest BCUT2D eigenvalue weighted by molar-refractivity contribution is 0.0950. The Morgan fingerprint density at radius 1 is 1.06 bits per heavy atom. The topological polar surface area (TPSA) is 72.2 Å². The third-order valence-electron chi connectivity index (χ3n) is 6.05. The summed E-state index contributed by atoms with van der Waals surface area (Å²) in [5, 5.41) is 14.5. The van der Waals surface area contributed by atoms with Gasteiger partial charge in [0.15, 0.2) is 11.5 Å². The van der Waals surface area contributed by atoms with Crippen LogP contribution in [0.4, 0.5) is 0 Å². The van der Waals surface area contributed by atoms with E-state index in [0.29, 0.717) is 12.4 Å². The van der Waals surface area contributed by atoms with Crippen molar-refractivity contribution in [1.82, 2.24) is 24.9 Å². The molecule has 0 fully saturated rings. The van der Waals surface area contributed by atoms with Crippen LogP contribution in [0.25, 0.3) is 28.2 Å². The molecule has 0 saturated carbocycles. The van der Waals surface area contributed by atoms with Crippen LogP contribution in [0.1, 0.15) is 45.2 Å². The summed E-state index contributed by atoms with van der Waals surface area (Å²) in [5.41, 5.74) is 5.51. The number of rotatable bonds is 4. The van der Waals surface area contributed by atoms with Gasteiger partial charge in [-0.2, -0.15) is 0 Å². The first-order valence-electron chi connectivity index (χ1n) is 11.0. The van der Waals surface area contributed by atoms with Gasteiger partial charge in [0.25, 0.3) is 5.91 Å². The van der Waals surface area contributed by atoms with Crippen LogP contribution in [0.3, 0.4) is 0 Å². The number of fused-ring (bicyclic) bond motifs is 3. The maximum absolute atomic E-state index is 13.6. The molecule has 1 N–H and O–H groups in total. The van der Waals surface area contributed by atoms with Gasteiger partial charge in [0.2, 0.25) is 0 Å². The fraction of sp³-hybridized carbons (Fsp3) is 0.154. The molecular weight excluding hydrogens is 430 g/mol. The molecule has 0 aliphatic heterocycles. The van der Waals surface area contributed by atoms with Crippen LogP contribution in [0, 0.1) is 0 Å². The van der Waals surface area contributed by atoms with Gasteiger partial charge in [-0.1, -0.05) is 30.3 Å². The molecule has 7 heteroatoms. The van der Waals surface area contributed by atoms with Gasteiger partial charge >= 0.3 is 0 Å². The Balaban J connectivity index is 1.42. The summed E-state index contributed by atoms with van der Waals surface area (Å²) in [6.07, 6.45) is 6.92. The molecule has 0 bridgehead atoms. The Labute approximate surface area is 194 Å². The van der Waals surface area contributed by atoms with E-state index in [1.165, 1.54) is 10.5 Å². The molecule has 5 aromatic rings. The summed E-state index contributed by atoms with van der Waals surface area (Å²) in [6.45, 7) is 0.299. The van der Waals surface area contributed by atoms with E-state index in [0.717, 1.165) is 52.6 Å². The standard InChI is InChI=1S/C26H21N5OS/c32-26(27-16-23-30-29-22-12-3-4-13-31(22)23)24-19-9-1-2-11-21(19)28-25-17(7-5-10-20(24)25)15-18-8-6-14-33-18/h1-4,6,8-9,11-15H,5,7,10,16H2,(H,27,32)/b17-15+. The number of thiophene rings is 1. The highest BCUT2D eigenvalue weighted by molar-refractivity contribution is 7.10. The number of amides is 1. The number of pyridine rings is 2. The molecule has 4 heterocycles. The van der Waals surface area contributed by atoms with Crippen molar-refractivity contribution >= 4 is 45.4 Å². The number of hydrogen-bond acceptors (Lipinski definition) is 5. The lowest BCUT2D eigenvalue weighted by atomic mass is 9.86. The average Bonchev–Trinajstić information content (AvgIpc) is 3.51. The molecule has 33 heavy (non-hydrogen) atoms. The lowest BCUT2D eigenvalue weighted by Crippen LogP contribution is -2.26. The average molecular weight is 452 g/mol. The number of allylic oxidation sites excluding steroid dienone is 1. The summed E-state index contributed by atoms with van der Waals surface area (Å²) in [4.78, 5) is 19.8. The normalized spacial score (nSPS) is 14.6. The van der Waals surface area contributed by atoms with Crippen molar-refractivity contribution in [3.05, 3.63) is 93.7 Å². The molecule has 162 valence electrons. The van der Waals surface area contributed by atoms with E-state index < -0.39 is 0 Å². The molecule has 0 saturated heterocycles. The van der Waals surface area contributed by atoms with Crippen LogP contribution < -0.4 is 5.32 Å². The Bertz CT molecular complexity index is 1520. The first kappa shape index (κ1) is 19.8. The molecule has 0 atom stereocenters. The SMILES string of the molecule is O=C(NCc1nnc2ccccn12)c1c2c(nc3ccccc13)/C(=C/c1cccs1)CCC2. The zero-order chi connectivity index (χ0) is 22.2. The van der Waals surface area contributed by atoms with Crippen LogP contribution >= 0.6 is 11.3 Å². The molecule has 1 aromatic carbocycles. The van der Waals surface area contributed by atoms with Crippen molar-refractivity contribution in [3.8, 4) is 0 Å². The van der Waals surface area contributed by atoms with Gasteiger partial charge in [0.05, 0.1) is 23.3 Å². The minimum absolute atomic E-state index is 0.102. The second-order valence-electron chi connectivity index (χ2n) is 8.10. The second-order valence-corrected chi connectivity index (χ2v) is 9.08. The Kier molecular flexibility index (Phi) is 4.96. The second kappa shape index (κ2) is 8.26. The van der Waals surface area contributed by atoms with Crippen LogP contribution in [-0.2, 0) is 13.0 Å². The molecule has 4 aromatic heterocycles. The van der Waals surface area contributed by atoms with Gasteiger partial charge < -0.3 is 5.32 Å². The van der Waals surface area contributed by atoms with E-state index in [4.69, 9.17) is 4.98 Å². The van der Waals surface area contributed by atoms with E-state index in [-0.39, 0.29) is 5.91 Å². The highest BCUT2D eigenvalue weighted by atomic mass is 32.1. The van der Waals surface area contributed by atoms with Crippen molar-refractivity contribution < 1.29 is 4.79 Å². The predicted molar refractivity (Wildman–Crippen MR) is 131 cm³/mol. The zero-order valence-corrected chi connectivity index (χ0v) is 18.7. The fourth-order valence-corrected chi connectivity index (χ4v) is 5.22. The summed E-state index contributed by atoms with van der Waals surface area (Å²) in [6, 6.07) is 17.8. The van der Waals surface area contributed by atoms with Crippen molar-refractivity contribution in [2.45, 2.75) is 25.8 Å². The van der Waals surface area contributed by atoms with Crippen LogP contribution in [-0.4, -0.2) is 25.5 Å². The molecule has 6 nitrogen and oxygen atoms in total. The lowest BCUT2D eigenvalue weighted by Gasteiger charge is -2.22.